The highest BCUT2D eigenvalue weighted by Gasteiger charge is 2.24. The van der Waals surface area contributed by atoms with E-state index in [1.54, 1.807) is 0 Å². The summed E-state index contributed by atoms with van der Waals surface area (Å²) in [5.41, 5.74) is 2.28. The average Bonchev–Trinajstić information content (AvgIpc) is 3.32. The molecule has 106 valence electrons. The number of hydrogen-bond donors (Lipinski definition) is 1. The zero-order chi connectivity index (χ0) is 13.8. The molecule has 0 aliphatic heterocycles. The lowest BCUT2D eigenvalue weighted by molar-refractivity contribution is 0.283. The number of rotatable bonds is 8. The van der Waals surface area contributed by atoms with Crippen molar-refractivity contribution in [2.24, 2.45) is 5.92 Å². The molecule has 0 saturated heterocycles. The molecule has 0 atom stereocenters. The van der Waals surface area contributed by atoms with Crippen LogP contribution in [0.1, 0.15) is 37.1 Å². The van der Waals surface area contributed by atoms with Crippen LogP contribution in [0.4, 0.5) is 0 Å². The van der Waals surface area contributed by atoms with Gasteiger partial charge in [0.15, 0.2) is 0 Å². The SMILES string of the molecule is C#CCN(Cc1cccc(CNC2CC2)n1)CC1CC1. The Hall–Kier alpha value is -1.37. The number of pyridine rings is 1. The predicted molar refractivity (Wildman–Crippen MR) is 80.9 cm³/mol. The van der Waals surface area contributed by atoms with Gasteiger partial charge in [0.05, 0.1) is 17.9 Å². The quantitative estimate of drug-likeness (QED) is 0.733. The van der Waals surface area contributed by atoms with Gasteiger partial charge in [-0.1, -0.05) is 12.0 Å². The van der Waals surface area contributed by atoms with E-state index in [9.17, 15) is 0 Å². The van der Waals surface area contributed by atoms with E-state index < -0.39 is 0 Å². The van der Waals surface area contributed by atoms with E-state index in [4.69, 9.17) is 11.4 Å². The van der Waals surface area contributed by atoms with E-state index in [2.05, 4.69) is 34.3 Å². The highest BCUT2D eigenvalue weighted by molar-refractivity contribution is 5.12. The molecular weight excluding hydrogens is 246 g/mol. The maximum atomic E-state index is 5.47. The molecule has 0 unspecified atom stereocenters. The smallest absolute Gasteiger partial charge is 0.0602 e. The van der Waals surface area contributed by atoms with Gasteiger partial charge < -0.3 is 5.32 Å². The van der Waals surface area contributed by atoms with Crippen LogP contribution >= 0.6 is 0 Å². The molecule has 2 fully saturated rings. The molecule has 3 heteroatoms. The summed E-state index contributed by atoms with van der Waals surface area (Å²) in [4.78, 5) is 7.09. The highest BCUT2D eigenvalue weighted by Crippen LogP contribution is 2.30. The van der Waals surface area contributed by atoms with Crippen molar-refractivity contribution in [1.82, 2.24) is 15.2 Å². The van der Waals surface area contributed by atoms with Crippen molar-refractivity contribution in [1.29, 1.82) is 0 Å². The Morgan fingerprint density at radius 3 is 2.75 bits per heavy atom. The number of nitrogens with zero attached hydrogens (tertiary/aromatic N) is 2. The van der Waals surface area contributed by atoms with Gasteiger partial charge in [0, 0.05) is 25.7 Å². The van der Waals surface area contributed by atoms with Gasteiger partial charge in [0.2, 0.25) is 0 Å². The molecular formula is C17H23N3. The summed E-state index contributed by atoms with van der Waals surface area (Å²) in [5.74, 6) is 3.63. The fraction of sp³-hybridized carbons (Fsp3) is 0.588. The molecule has 1 heterocycles. The van der Waals surface area contributed by atoms with Gasteiger partial charge in [-0.3, -0.25) is 9.88 Å². The Kier molecular flexibility index (Phi) is 4.34. The van der Waals surface area contributed by atoms with Crippen molar-refractivity contribution in [3.05, 3.63) is 29.6 Å². The fourth-order valence-corrected chi connectivity index (χ4v) is 2.46. The molecule has 3 nitrogen and oxygen atoms in total. The molecule has 2 aliphatic rings. The standard InChI is InChI=1S/C17H23N3/c1-2-10-20(12-14-6-7-14)13-17-5-3-4-16(19-17)11-18-15-8-9-15/h1,3-5,14-15,18H,6-13H2. The van der Waals surface area contributed by atoms with Crippen LogP contribution in [0.15, 0.2) is 18.2 Å². The van der Waals surface area contributed by atoms with Gasteiger partial charge in [-0.2, -0.15) is 0 Å². The first-order valence-corrected chi connectivity index (χ1v) is 7.67. The van der Waals surface area contributed by atoms with Crippen molar-refractivity contribution >= 4 is 0 Å². The number of hydrogen-bond acceptors (Lipinski definition) is 3. The molecule has 0 radical (unpaired) electrons. The average molecular weight is 269 g/mol. The summed E-state index contributed by atoms with van der Waals surface area (Å²) in [6.45, 7) is 3.60. The first-order chi connectivity index (χ1) is 9.83. The summed E-state index contributed by atoms with van der Waals surface area (Å²) < 4.78 is 0. The van der Waals surface area contributed by atoms with Gasteiger partial charge in [-0.15, -0.1) is 6.42 Å². The Morgan fingerprint density at radius 1 is 1.25 bits per heavy atom. The number of nitrogens with one attached hydrogen (secondary N) is 1. The normalized spacial score (nSPS) is 18.2. The van der Waals surface area contributed by atoms with E-state index in [1.165, 1.54) is 25.7 Å². The zero-order valence-electron chi connectivity index (χ0n) is 12.0. The topological polar surface area (TPSA) is 28.2 Å². The van der Waals surface area contributed by atoms with Gasteiger partial charge in [0.25, 0.3) is 0 Å². The van der Waals surface area contributed by atoms with Crippen LogP contribution in [0.3, 0.4) is 0 Å². The third kappa shape index (κ3) is 4.33. The van der Waals surface area contributed by atoms with E-state index in [0.29, 0.717) is 0 Å². The van der Waals surface area contributed by atoms with Crippen molar-refractivity contribution in [3.63, 3.8) is 0 Å². The molecule has 0 spiro atoms. The maximum Gasteiger partial charge on any atom is 0.0602 e. The first kappa shape index (κ1) is 13.6. The third-order valence-electron chi connectivity index (χ3n) is 3.93. The number of aromatic nitrogens is 1. The van der Waals surface area contributed by atoms with Crippen LogP contribution in [0, 0.1) is 18.3 Å². The predicted octanol–water partition coefficient (Wildman–Crippen LogP) is 2.18. The second-order valence-corrected chi connectivity index (χ2v) is 6.09. The second kappa shape index (κ2) is 6.39. The van der Waals surface area contributed by atoms with Crippen LogP contribution in [0.5, 0.6) is 0 Å². The minimum absolute atomic E-state index is 0.725. The Morgan fingerprint density at radius 2 is 2.05 bits per heavy atom. The van der Waals surface area contributed by atoms with Crippen LogP contribution in [0.2, 0.25) is 0 Å². The highest BCUT2D eigenvalue weighted by atomic mass is 15.1. The minimum Gasteiger partial charge on any atom is -0.308 e. The van der Waals surface area contributed by atoms with Crippen molar-refractivity contribution in [2.45, 2.75) is 44.8 Å². The molecule has 20 heavy (non-hydrogen) atoms. The summed E-state index contributed by atoms with van der Waals surface area (Å²) >= 11 is 0. The van der Waals surface area contributed by atoms with E-state index in [0.717, 1.165) is 49.5 Å². The third-order valence-corrected chi connectivity index (χ3v) is 3.93. The summed E-state index contributed by atoms with van der Waals surface area (Å²) in [6, 6.07) is 7.05. The van der Waals surface area contributed by atoms with Crippen LogP contribution < -0.4 is 5.32 Å². The van der Waals surface area contributed by atoms with Crippen molar-refractivity contribution in [2.75, 3.05) is 13.1 Å². The molecule has 0 bridgehead atoms. The lowest BCUT2D eigenvalue weighted by atomic mass is 10.2. The van der Waals surface area contributed by atoms with Gasteiger partial charge in [-0.05, 0) is 43.7 Å². The van der Waals surface area contributed by atoms with Gasteiger partial charge >= 0.3 is 0 Å². The Bertz CT molecular complexity index is 483. The lowest BCUT2D eigenvalue weighted by Gasteiger charge is -2.19. The molecule has 1 aromatic rings. The monoisotopic (exact) mass is 269 g/mol. The number of terminal acetylenes is 1. The molecule has 2 saturated carbocycles. The fourth-order valence-electron chi connectivity index (χ4n) is 2.46. The summed E-state index contributed by atoms with van der Waals surface area (Å²) in [6.07, 6.45) is 10.8. The van der Waals surface area contributed by atoms with Gasteiger partial charge in [-0.25, -0.2) is 0 Å². The zero-order valence-corrected chi connectivity index (χ0v) is 12.0. The first-order valence-electron chi connectivity index (χ1n) is 7.67. The van der Waals surface area contributed by atoms with E-state index in [1.807, 2.05) is 0 Å². The minimum atomic E-state index is 0.725. The molecule has 3 rings (SSSR count). The van der Waals surface area contributed by atoms with E-state index >= 15 is 0 Å². The molecule has 0 amide bonds. The van der Waals surface area contributed by atoms with Crippen molar-refractivity contribution in [3.8, 4) is 12.3 Å². The summed E-state index contributed by atoms with van der Waals surface area (Å²) in [7, 11) is 0. The van der Waals surface area contributed by atoms with E-state index in [-0.39, 0.29) is 0 Å². The van der Waals surface area contributed by atoms with Crippen LogP contribution in [-0.2, 0) is 13.1 Å². The second-order valence-electron chi connectivity index (χ2n) is 6.09. The molecule has 1 aromatic heterocycles. The lowest BCUT2D eigenvalue weighted by Crippen LogP contribution is -2.26. The molecule has 2 aliphatic carbocycles. The van der Waals surface area contributed by atoms with Crippen molar-refractivity contribution < 1.29 is 0 Å². The van der Waals surface area contributed by atoms with Crippen LogP contribution in [-0.4, -0.2) is 29.0 Å². The Labute approximate surface area is 121 Å². The summed E-state index contributed by atoms with van der Waals surface area (Å²) in [5, 5.41) is 3.51. The maximum absolute atomic E-state index is 5.47. The molecule has 1 N–H and O–H groups in total. The molecule has 0 aromatic carbocycles. The largest absolute Gasteiger partial charge is 0.308 e. The Balaban J connectivity index is 1.56. The van der Waals surface area contributed by atoms with Crippen LogP contribution in [0.25, 0.3) is 0 Å². The van der Waals surface area contributed by atoms with Gasteiger partial charge in [0.1, 0.15) is 0 Å².